The van der Waals surface area contributed by atoms with Crippen LogP contribution in [0.15, 0.2) is 0 Å². The Balaban J connectivity index is 2.36. The normalized spacial score (nSPS) is 17.0. The third-order valence-corrected chi connectivity index (χ3v) is 3.57. The Kier molecular flexibility index (Phi) is 4.02. The number of hydrogen-bond acceptors (Lipinski definition) is 3. The van der Waals surface area contributed by atoms with Crippen molar-refractivity contribution in [3.63, 3.8) is 0 Å². The highest BCUT2D eigenvalue weighted by molar-refractivity contribution is 7.80. The summed E-state index contributed by atoms with van der Waals surface area (Å²) in [5.74, 6) is 0.652. The zero-order valence-corrected chi connectivity index (χ0v) is 10.1. The molecule has 0 radical (unpaired) electrons. The fourth-order valence-electron chi connectivity index (χ4n) is 1.41. The zero-order chi connectivity index (χ0) is 11.5. The largest absolute Gasteiger partial charge is 0.358 e. The molecule has 1 aliphatic rings. The minimum absolute atomic E-state index is 0.0325. The number of amides is 2. The fraction of sp³-hybridized carbons (Fsp3) is 0.800. The van der Waals surface area contributed by atoms with E-state index in [0.29, 0.717) is 6.42 Å². The smallest absolute Gasteiger partial charge is 0.239 e. The molecule has 0 saturated heterocycles. The molecular formula is C10H18N2O2S. The van der Waals surface area contributed by atoms with Gasteiger partial charge in [-0.15, -0.1) is 0 Å². The summed E-state index contributed by atoms with van der Waals surface area (Å²) in [7, 11) is 3.23. The minimum Gasteiger partial charge on any atom is -0.358 e. The maximum absolute atomic E-state index is 11.7. The predicted molar refractivity (Wildman–Crippen MR) is 61.8 cm³/mol. The second-order valence-electron chi connectivity index (χ2n) is 4.26. The molecule has 1 saturated carbocycles. The van der Waals surface area contributed by atoms with Gasteiger partial charge in [-0.25, -0.2) is 0 Å². The van der Waals surface area contributed by atoms with Crippen LogP contribution in [0.2, 0.25) is 0 Å². The van der Waals surface area contributed by atoms with Gasteiger partial charge in [-0.1, -0.05) is 0 Å². The molecule has 1 N–H and O–H groups in total. The van der Waals surface area contributed by atoms with Crippen molar-refractivity contribution in [3.8, 4) is 0 Å². The van der Waals surface area contributed by atoms with Crippen LogP contribution in [0.5, 0.6) is 0 Å². The summed E-state index contributed by atoms with van der Waals surface area (Å²) in [5, 5.41) is 2.50. The molecule has 4 nitrogen and oxygen atoms in total. The van der Waals surface area contributed by atoms with Crippen LogP contribution in [-0.4, -0.2) is 43.1 Å². The van der Waals surface area contributed by atoms with Crippen LogP contribution >= 0.6 is 12.6 Å². The topological polar surface area (TPSA) is 49.4 Å². The number of hydrogen-bond donors (Lipinski definition) is 2. The van der Waals surface area contributed by atoms with Gasteiger partial charge in [0.15, 0.2) is 0 Å². The third kappa shape index (κ3) is 3.41. The first-order valence-electron chi connectivity index (χ1n) is 5.08. The van der Waals surface area contributed by atoms with Gasteiger partial charge in [-0.2, -0.15) is 12.6 Å². The molecule has 0 atom stereocenters. The molecule has 0 heterocycles. The van der Waals surface area contributed by atoms with E-state index in [-0.39, 0.29) is 23.8 Å². The first kappa shape index (κ1) is 12.4. The highest BCUT2D eigenvalue weighted by atomic mass is 32.1. The molecule has 0 spiro atoms. The molecule has 86 valence electrons. The second kappa shape index (κ2) is 4.88. The maximum Gasteiger partial charge on any atom is 0.239 e. The SMILES string of the molecule is CNC(=O)CN(C)C(=O)CC1(CS)CC1. The highest BCUT2D eigenvalue weighted by Gasteiger charge is 2.43. The van der Waals surface area contributed by atoms with Crippen molar-refractivity contribution in [2.75, 3.05) is 26.4 Å². The van der Waals surface area contributed by atoms with Gasteiger partial charge in [0.25, 0.3) is 0 Å². The van der Waals surface area contributed by atoms with E-state index in [1.165, 1.54) is 4.90 Å². The van der Waals surface area contributed by atoms with E-state index < -0.39 is 0 Å². The lowest BCUT2D eigenvalue weighted by atomic mass is 10.0. The van der Waals surface area contributed by atoms with Crippen molar-refractivity contribution in [2.24, 2.45) is 5.41 Å². The van der Waals surface area contributed by atoms with Gasteiger partial charge in [0, 0.05) is 20.5 Å². The zero-order valence-electron chi connectivity index (χ0n) is 9.25. The summed E-state index contributed by atoms with van der Waals surface area (Å²) in [6.07, 6.45) is 2.68. The minimum atomic E-state index is -0.137. The second-order valence-corrected chi connectivity index (χ2v) is 4.57. The van der Waals surface area contributed by atoms with Crippen LogP contribution in [0.3, 0.4) is 0 Å². The lowest BCUT2D eigenvalue weighted by Gasteiger charge is -2.19. The van der Waals surface area contributed by atoms with Crippen LogP contribution in [0.1, 0.15) is 19.3 Å². The molecule has 0 aromatic heterocycles. The molecule has 1 fully saturated rings. The summed E-state index contributed by atoms with van der Waals surface area (Å²) in [5.41, 5.74) is 0.122. The maximum atomic E-state index is 11.7. The third-order valence-electron chi connectivity index (χ3n) is 2.90. The summed E-state index contributed by atoms with van der Waals surface area (Å²) < 4.78 is 0. The molecule has 0 aromatic rings. The Morgan fingerprint density at radius 3 is 2.47 bits per heavy atom. The van der Waals surface area contributed by atoms with E-state index in [9.17, 15) is 9.59 Å². The van der Waals surface area contributed by atoms with Crippen molar-refractivity contribution < 1.29 is 9.59 Å². The lowest BCUT2D eigenvalue weighted by molar-refractivity contribution is -0.135. The van der Waals surface area contributed by atoms with Gasteiger partial charge >= 0.3 is 0 Å². The molecule has 0 aliphatic heterocycles. The van der Waals surface area contributed by atoms with Crippen molar-refractivity contribution in [1.29, 1.82) is 0 Å². The highest BCUT2D eigenvalue weighted by Crippen LogP contribution is 2.49. The van der Waals surface area contributed by atoms with Crippen LogP contribution in [0.4, 0.5) is 0 Å². The van der Waals surface area contributed by atoms with E-state index >= 15 is 0 Å². The number of thiol groups is 1. The van der Waals surface area contributed by atoms with Gasteiger partial charge in [-0.05, 0) is 24.0 Å². The average molecular weight is 230 g/mol. The predicted octanol–water partition coefficient (Wildman–Crippen LogP) is 0.291. The number of rotatable bonds is 5. The van der Waals surface area contributed by atoms with Crippen LogP contribution in [0.25, 0.3) is 0 Å². The van der Waals surface area contributed by atoms with Gasteiger partial charge in [-0.3, -0.25) is 9.59 Å². The number of nitrogens with one attached hydrogen (secondary N) is 1. The van der Waals surface area contributed by atoms with Gasteiger partial charge in [0.2, 0.25) is 11.8 Å². The summed E-state index contributed by atoms with van der Waals surface area (Å²) >= 11 is 4.24. The van der Waals surface area contributed by atoms with Crippen molar-refractivity contribution in [1.82, 2.24) is 10.2 Å². The Morgan fingerprint density at radius 1 is 1.47 bits per heavy atom. The monoisotopic (exact) mass is 230 g/mol. The fourth-order valence-corrected chi connectivity index (χ4v) is 1.83. The Bertz CT molecular complexity index is 264. The van der Waals surface area contributed by atoms with E-state index in [1.54, 1.807) is 14.1 Å². The van der Waals surface area contributed by atoms with Gasteiger partial charge < -0.3 is 10.2 Å². The van der Waals surface area contributed by atoms with Crippen LogP contribution in [-0.2, 0) is 9.59 Å². The number of likely N-dealkylation sites (N-methyl/N-ethyl adjacent to an activating group) is 2. The summed E-state index contributed by atoms with van der Waals surface area (Å²) in [4.78, 5) is 24.3. The van der Waals surface area contributed by atoms with E-state index in [0.717, 1.165) is 18.6 Å². The molecule has 0 aromatic carbocycles. The molecule has 0 unspecified atom stereocenters. The van der Waals surface area contributed by atoms with E-state index in [1.807, 2.05) is 0 Å². The van der Waals surface area contributed by atoms with Gasteiger partial charge in [0.05, 0.1) is 6.54 Å². The first-order chi connectivity index (χ1) is 7.03. The van der Waals surface area contributed by atoms with Crippen LogP contribution < -0.4 is 5.32 Å². The average Bonchev–Trinajstić information content (AvgIpc) is 2.98. The molecule has 0 bridgehead atoms. The van der Waals surface area contributed by atoms with E-state index in [2.05, 4.69) is 17.9 Å². The molecule has 15 heavy (non-hydrogen) atoms. The molecule has 5 heteroatoms. The number of carbonyl (C=O) groups excluding carboxylic acids is 2. The van der Waals surface area contributed by atoms with E-state index in [4.69, 9.17) is 0 Å². The molecule has 2 amide bonds. The number of nitrogens with zero attached hydrogens (tertiary/aromatic N) is 1. The standard InChI is InChI=1S/C10H18N2O2S/c1-11-8(13)6-12(2)9(14)5-10(7-15)3-4-10/h15H,3-7H2,1-2H3,(H,11,13). The molecular weight excluding hydrogens is 212 g/mol. The summed E-state index contributed by atoms with van der Waals surface area (Å²) in [6, 6.07) is 0. The lowest BCUT2D eigenvalue weighted by Crippen LogP contribution is -2.37. The first-order valence-corrected chi connectivity index (χ1v) is 5.72. The van der Waals surface area contributed by atoms with Crippen molar-refractivity contribution in [3.05, 3.63) is 0 Å². The number of carbonyl (C=O) groups is 2. The summed E-state index contributed by atoms with van der Waals surface area (Å²) in [6.45, 7) is 0.137. The molecule has 1 aliphatic carbocycles. The quantitative estimate of drug-likeness (QED) is 0.667. The molecule has 1 rings (SSSR count). The van der Waals surface area contributed by atoms with Crippen molar-refractivity contribution in [2.45, 2.75) is 19.3 Å². The van der Waals surface area contributed by atoms with Gasteiger partial charge in [0.1, 0.15) is 0 Å². The van der Waals surface area contributed by atoms with Crippen LogP contribution in [0, 0.1) is 5.41 Å². The van der Waals surface area contributed by atoms with Crippen molar-refractivity contribution >= 4 is 24.4 Å². The Labute approximate surface area is 95.8 Å². The Hall–Kier alpha value is -0.710. The Morgan fingerprint density at radius 2 is 2.07 bits per heavy atom.